The average Bonchev–Trinajstić information content (AvgIpc) is 2.56. The van der Waals surface area contributed by atoms with E-state index in [2.05, 4.69) is 10.6 Å². The van der Waals surface area contributed by atoms with Gasteiger partial charge in [0, 0.05) is 18.2 Å². The highest BCUT2D eigenvalue weighted by atomic mass is 35.5. The lowest BCUT2D eigenvalue weighted by atomic mass is 10.1. The second kappa shape index (κ2) is 8.30. The molecule has 7 heteroatoms. The zero-order chi connectivity index (χ0) is 18.4. The maximum atomic E-state index is 12.0. The molecule has 0 saturated heterocycles. The number of carbonyl (C=O) groups excluding carboxylic acids is 3. The smallest absolute Gasteiger partial charge is 0.262 e. The summed E-state index contributed by atoms with van der Waals surface area (Å²) in [5.41, 5.74) is 1.46. The van der Waals surface area contributed by atoms with Crippen LogP contribution in [0, 0.1) is 0 Å². The second-order valence-corrected chi connectivity index (χ2v) is 5.70. The van der Waals surface area contributed by atoms with E-state index < -0.39 is 5.91 Å². The number of carbonyl (C=O) groups is 3. The third-order valence-electron chi connectivity index (χ3n) is 3.19. The van der Waals surface area contributed by atoms with E-state index in [0.29, 0.717) is 27.7 Å². The molecule has 0 unspecified atom stereocenters. The lowest BCUT2D eigenvalue weighted by molar-refractivity contribution is -0.118. The van der Waals surface area contributed by atoms with Crippen LogP contribution in [0.15, 0.2) is 42.5 Å². The van der Waals surface area contributed by atoms with Gasteiger partial charge in [0.15, 0.2) is 12.4 Å². The van der Waals surface area contributed by atoms with Crippen molar-refractivity contribution < 1.29 is 19.1 Å². The topological polar surface area (TPSA) is 84.5 Å². The van der Waals surface area contributed by atoms with Crippen LogP contribution < -0.4 is 15.4 Å². The minimum atomic E-state index is -0.405. The second-order valence-electron chi connectivity index (χ2n) is 5.29. The van der Waals surface area contributed by atoms with Gasteiger partial charge in [-0.25, -0.2) is 0 Å². The summed E-state index contributed by atoms with van der Waals surface area (Å²) >= 11 is 6.04. The molecule has 2 N–H and O–H groups in total. The van der Waals surface area contributed by atoms with Crippen molar-refractivity contribution in [1.82, 2.24) is 0 Å². The molecule has 2 aromatic carbocycles. The number of hydrogen-bond donors (Lipinski definition) is 2. The van der Waals surface area contributed by atoms with Crippen molar-refractivity contribution in [2.24, 2.45) is 0 Å². The lowest BCUT2D eigenvalue weighted by Crippen LogP contribution is -2.20. The maximum absolute atomic E-state index is 12.0. The van der Waals surface area contributed by atoms with Crippen LogP contribution in [-0.2, 0) is 9.59 Å². The van der Waals surface area contributed by atoms with Crippen LogP contribution in [0.25, 0.3) is 0 Å². The molecule has 0 saturated carbocycles. The number of anilines is 2. The number of Topliss-reactive ketones (excluding diaryl/α,β-unsaturated/α-hetero) is 1. The molecule has 0 spiro atoms. The summed E-state index contributed by atoms with van der Waals surface area (Å²) in [7, 11) is 0. The number of hydrogen-bond acceptors (Lipinski definition) is 4. The monoisotopic (exact) mass is 360 g/mol. The molecule has 0 aromatic heterocycles. The summed E-state index contributed by atoms with van der Waals surface area (Å²) < 4.78 is 5.37. The Morgan fingerprint density at radius 3 is 2.28 bits per heavy atom. The van der Waals surface area contributed by atoms with Crippen LogP contribution in [0.4, 0.5) is 11.4 Å². The molecule has 0 radical (unpaired) electrons. The summed E-state index contributed by atoms with van der Waals surface area (Å²) in [6.07, 6.45) is 0. The van der Waals surface area contributed by atoms with Crippen molar-refractivity contribution in [3.63, 3.8) is 0 Å². The summed E-state index contributed by atoms with van der Waals surface area (Å²) in [5.74, 6) is -0.203. The van der Waals surface area contributed by atoms with Gasteiger partial charge in [0.2, 0.25) is 5.91 Å². The number of rotatable bonds is 6. The Labute approximate surface area is 150 Å². The standard InChI is InChI=1S/C18H17ClN2O4/c1-11(22)13-3-6-15(7-4-13)25-10-18(24)21-17-9-14(20-12(2)23)5-8-16(17)19/h3-9H,10H2,1-2H3,(H,20,23)(H,21,24). The highest BCUT2D eigenvalue weighted by Crippen LogP contribution is 2.25. The van der Waals surface area contributed by atoms with Gasteiger partial charge in [0.1, 0.15) is 5.75 Å². The van der Waals surface area contributed by atoms with Crippen LogP contribution >= 0.6 is 11.6 Å². The van der Waals surface area contributed by atoms with Crippen LogP contribution in [0.1, 0.15) is 24.2 Å². The van der Waals surface area contributed by atoms with Crippen molar-refractivity contribution in [3.05, 3.63) is 53.1 Å². The van der Waals surface area contributed by atoms with E-state index in [1.165, 1.54) is 13.8 Å². The molecule has 2 amide bonds. The summed E-state index contributed by atoms with van der Waals surface area (Å²) in [4.78, 5) is 34.3. The van der Waals surface area contributed by atoms with Gasteiger partial charge in [0.25, 0.3) is 5.91 Å². The number of amides is 2. The first-order valence-corrected chi connectivity index (χ1v) is 7.84. The predicted molar refractivity (Wildman–Crippen MR) is 96.3 cm³/mol. The summed E-state index contributed by atoms with van der Waals surface area (Å²) in [6, 6.07) is 11.3. The molecule has 0 aliphatic heterocycles. The largest absolute Gasteiger partial charge is 0.484 e. The molecule has 2 rings (SSSR count). The Hall–Kier alpha value is -2.86. The van der Waals surface area contributed by atoms with E-state index in [1.807, 2.05) is 0 Å². The van der Waals surface area contributed by atoms with Gasteiger partial charge in [0.05, 0.1) is 10.7 Å². The van der Waals surface area contributed by atoms with Gasteiger partial charge in [-0.2, -0.15) is 0 Å². The molecule has 0 aliphatic rings. The van der Waals surface area contributed by atoms with Gasteiger partial charge in [-0.3, -0.25) is 14.4 Å². The Bertz CT molecular complexity index is 803. The lowest BCUT2D eigenvalue weighted by Gasteiger charge is -2.11. The summed E-state index contributed by atoms with van der Waals surface area (Å²) in [5, 5.41) is 5.57. The minimum Gasteiger partial charge on any atom is -0.484 e. The zero-order valence-corrected chi connectivity index (χ0v) is 14.5. The minimum absolute atomic E-state index is 0.0435. The van der Waals surface area contributed by atoms with Gasteiger partial charge in [-0.1, -0.05) is 11.6 Å². The quantitative estimate of drug-likeness (QED) is 0.772. The van der Waals surface area contributed by atoms with Crippen molar-refractivity contribution in [2.75, 3.05) is 17.2 Å². The van der Waals surface area contributed by atoms with Crippen molar-refractivity contribution in [2.45, 2.75) is 13.8 Å². The zero-order valence-electron chi connectivity index (χ0n) is 13.8. The third kappa shape index (κ3) is 5.61. The summed E-state index contributed by atoms with van der Waals surface area (Å²) in [6.45, 7) is 2.64. The number of nitrogens with one attached hydrogen (secondary N) is 2. The molecule has 0 aliphatic carbocycles. The Kier molecular flexibility index (Phi) is 6.14. The maximum Gasteiger partial charge on any atom is 0.262 e. The van der Waals surface area contributed by atoms with Gasteiger partial charge >= 0.3 is 0 Å². The Morgan fingerprint density at radius 2 is 1.68 bits per heavy atom. The van der Waals surface area contributed by atoms with E-state index in [1.54, 1.807) is 42.5 Å². The van der Waals surface area contributed by atoms with E-state index in [9.17, 15) is 14.4 Å². The number of halogens is 1. The average molecular weight is 361 g/mol. The van der Waals surface area contributed by atoms with Crippen molar-refractivity contribution in [1.29, 1.82) is 0 Å². The molecular weight excluding hydrogens is 344 g/mol. The first-order valence-electron chi connectivity index (χ1n) is 7.46. The van der Waals surface area contributed by atoms with Gasteiger partial charge < -0.3 is 15.4 Å². The van der Waals surface area contributed by atoms with Gasteiger partial charge in [-0.05, 0) is 49.4 Å². The highest BCUT2D eigenvalue weighted by Gasteiger charge is 2.09. The van der Waals surface area contributed by atoms with Crippen LogP contribution in [-0.4, -0.2) is 24.2 Å². The van der Waals surface area contributed by atoms with Crippen LogP contribution in [0.5, 0.6) is 5.75 Å². The fourth-order valence-electron chi connectivity index (χ4n) is 2.02. The molecule has 0 atom stereocenters. The molecule has 2 aromatic rings. The molecule has 6 nitrogen and oxygen atoms in total. The SMILES string of the molecule is CC(=O)Nc1ccc(Cl)c(NC(=O)COc2ccc(C(C)=O)cc2)c1. The number of ketones is 1. The van der Waals surface area contributed by atoms with Crippen molar-refractivity contribution >= 4 is 40.6 Å². The number of ether oxygens (including phenoxy) is 1. The predicted octanol–water partition coefficient (Wildman–Crippen LogP) is 3.52. The van der Waals surface area contributed by atoms with Crippen LogP contribution in [0.3, 0.4) is 0 Å². The van der Waals surface area contributed by atoms with E-state index >= 15 is 0 Å². The molecule has 0 fully saturated rings. The Morgan fingerprint density at radius 1 is 1.00 bits per heavy atom. The first-order chi connectivity index (χ1) is 11.8. The molecular formula is C18H17ClN2O4. The molecule has 130 valence electrons. The van der Waals surface area contributed by atoms with E-state index in [-0.39, 0.29) is 18.3 Å². The van der Waals surface area contributed by atoms with Crippen molar-refractivity contribution in [3.8, 4) is 5.75 Å². The molecule has 0 heterocycles. The van der Waals surface area contributed by atoms with E-state index in [4.69, 9.17) is 16.3 Å². The Balaban J connectivity index is 1.95. The normalized spacial score (nSPS) is 10.0. The molecule has 25 heavy (non-hydrogen) atoms. The van der Waals surface area contributed by atoms with E-state index in [0.717, 1.165) is 0 Å². The molecule has 0 bridgehead atoms. The first kappa shape index (κ1) is 18.5. The highest BCUT2D eigenvalue weighted by molar-refractivity contribution is 6.33. The fourth-order valence-corrected chi connectivity index (χ4v) is 2.19. The third-order valence-corrected chi connectivity index (χ3v) is 3.52. The van der Waals surface area contributed by atoms with Gasteiger partial charge in [-0.15, -0.1) is 0 Å². The van der Waals surface area contributed by atoms with Crippen LogP contribution in [0.2, 0.25) is 5.02 Å². The number of benzene rings is 2. The fraction of sp³-hybridized carbons (Fsp3) is 0.167.